The number of phenols is 1. The van der Waals surface area contributed by atoms with Crippen molar-refractivity contribution in [3.8, 4) is 11.8 Å². The van der Waals surface area contributed by atoms with Crippen LogP contribution in [-0.4, -0.2) is 21.4 Å². The molecule has 0 bridgehead atoms. The molecule has 100 valence electrons. The third kappa shape index (κ3) is 2.59. The molecule has 5 heteroatoms. The van der Waals surface area contributed by atoms with E-state index < -0.39 is 6.04 Å². The third-order valence-corrected chi connectivity index (χ3v) is 3.73. The van der Waals surface area contributed by atoms with Gasteiger partial charge in [-0.15, -0.1) is 0 Å². The molecule has 19 heavy (non-hydrogen) atoms. The van der Waals surface area contributed by atoms with E-state index in [-0.39, 0.29) is 11.3 Å². The third-order valence-electron chi connectivity index (χ3n) is 3.24. The van der Waals surface area contributed by atoms with Crippen LogP contribution in [0.3, 0.4) is 0 Å². The van der Waals surface area contributed by atoms with Crippen LogP contribution in [0.1, 0.15) is 38.8 Å². The number of hydrogen-bond acceptors (Lipinski definition) is 4. The highest BCUT2D eigenvalue weighted by Crippen LogP contribution is 2.38. The van der Waals surface area contributed by atoms with Gasteiger partial charge in [0.05, 0.1) is 11.6 Å². The highest BCUT2D eigenvalue weighted by Gasteiger charge is 2.38. The summed E-state index contributed by atoms with van der Waals surface area (Å²) >= 11 is 3.30. The molecule has 0 saturated heterocycles. The van der Waals surface area contributed by atoms with Crippen molar-refractivity contribution in [2.24, 2.45) is 5.10 Å². The summed E-state index contributed by atoms with van der Waals surface area (Å²) in [4.78, 5) is 0. The van der Waals surface area contributed by atoms with Crippen molar-refractivity contribution in [2.75, 3.05) is 0 Å². The van der Waals surface area contributed by atoms with Gasteiger partial charge in [0.1, 0.15) is 5.75 Å². The van der Waals surface area contributed by atoms with E-state index in [1.165, 1.54) is 0 Å². The number of halogens is 1. The van der Waals surface area contributed by atoms with Crippen LogP contribution >= 0.6 is 15.9 Å². The van der Waals surface area contributed by atoms with Crippen molar-refractivity contribution in [1.82, 2.24) is 5.01 Å². The molecule has 0 fully saturated rings. The van der Waals surface area contributed by atoms with Crippen LogP contribution in [0.15, 0.2) is 27.8 Å². The van der Waals surface area contributed by atoms with Crippen molar-refractivity contribution < 1.29 is 5.11 Å². The number of phenolic OH excluding ortho intramolecular Hbond substituents is 1. The van der Waals surface area contributed by atoms with Crippen molar-refractivity contribution in [2.45, 2.75) is 38.8 Å². The second-order valence-corrected chi connectivity index (χ2v) is 6.32. The predicted octanol–water partition coefficient (Wildman–Crippen LogP) is 3.58. The van der Waals surface area contributed by atoms with Gasteiger partial charge in [-0.3, -0.25) is 5.01 Å². The maximum atomic E-state index is 10.0. The largest absolute Gasteiger partial charge is 0.508 e. The number of nitrogens with zero attached hydrogens (tertiary/aromatic N) is 3. The Morgan fingerprint density at radius 2 is 2.21 bits per heavy atom. The van der Waals surface area contributed by atoms with Gasteiger partial charge in [-0.05, 0) is 32.9 Å². The maximum absolute atomic E-state index is 10.0. The fourth-order valence-corrected chi connectivity index (χ4v) is 2.82. The van der Waals surface area contributed by atoms with Crippen molar-refractivity contribution in [1.29, 1.82) is 5.26 Å². The van der Waals surface area contributed by atoms with Crippen molar-refractivity contribution in [3.05, 3.63) is 28.2 Å². The molecular formula is C14H16BrN3O. The molecule has 0 aliphatic carbocycles. The monoisotopic (exact) mass is 321 g/mol. The fourth-order valence-electron chi connectivity index (χ4n) is 2.47. The summed E-state index contributed by atoms with van der Waals surface area (Å²) in [5.74, 6) is 0.108. The summed E-state index contributed by atoms with van der Waals surface area (Å²) < 4.78 is 0.783. The standard InChI is InChI=1S/C14H16BrN3O/c1-9-7-14(2,3)18(17-9)12(8-16)11-5-4-10(15)6-13(11)19/h4-6,12,19H,7H2,1-3H3. The van der Waals surface area contributed by atoms with Gasteiger partial charge in [0.15, 0.2) is 6.04 Å². The molecule has 1 aliphatic heterocycles. The highest BCUT2D eigenvalue weighted by molar-refractivity contribution is 9.10. The minimum absolute atomic E-state index is 0.108. The Morgan fingerprint density at radius 3 is 2.68 bits per heavy atom. The molecule has 1 unspecified atom stereocenters. The molecule has 0 saturated carbocycles. The van der Waals surface area contributed by atoms with Crippen molar-refractivity contribution in [3.63, 3.8) is 0 Å². The molecule has 1 aromatic carbocycles. The summed E-state index contributed by atoms with van der Waals surface area (Å²) in [5.41, 5.74) is 1.36. The zero-order valence-corrected chi connectivity index (χ0v) is 12.8. The molecule has 0 amide bonds. The SMILES string of the molecule is CC1=NN(C(C#N)c2ccc(Br)cc2O)C(C)(C)C1. The van der Waals surface area contributed by atoms with Gasteiger partial charge in [-0.25, -0.2) is 0 Å². The smallest absolute Gasteiger partial charge is 0.162 e. The molecule has 0 radical (unpaired) electrons. The highest BCUT2D eigenvalue weighted by atomic mass is 79.9. The molecule has 1 aliphatic rings. The van der Waals surface area contributed by atoms with Crippen LogP contribution in [0.2, 0.25) is 0 Å². The zero-order chi connectivity index (χ0) is 14.2. The van der Waals surface area contributed by atoms with E-state index in [4.69, 9.17) is 0 Å². The van der Waals surface area contributed by atoms with Crippen LogP contribution in [-0.2, 0) is 0 Å². The van der Waals surface area contributed by atoms with E-state index in [0.717, 1.165) is 16.6 Å². The Balaban J connectivity index is 2.44. The normalized spacial score (nSPS) is 18.9. The Morgan fingerprint density at radius 1 is 1.53 bits per heavy atom. The summed E-state index contributed by atoms with van der Waals surface area (Å²) in [6.07, 6.45) is 0.822. The Bertz CT molecular complexity index is 575. The average molecular weight is 322 g/mol. The van der Waals surface area contributed by atoms with E-state index >= 15 is 0 Å². The van der Waals surface area contributed by atoms with E-state index in [2.05, 4.69) is 27.1 Å². The molecule has 1 heterocycles. The minimum atomic E-state index is -0.583. The number of hydrogen-bond donors (Lipinski definition) is 1. The van der Waals surface area contributed by atoms with E-state index in [1.54, 1.807) is 17.1 Å². The number of aromatic hydroxyl groups is 1. The first kappa shape index (κ1) is 13.9. The Hall–Kier alpha value is -1.54. The Kier molecular flexibility index (Phi) is 3.55. The van der Waals surface area contributed by atoms with Gasteiger partial charge >= 0.3 is 0 Å². The van der Waals surface area contributed by atoms with Gasteiger partial charge in [0.2, 0.25) is 0 Å². The Labute approximate surface area is 121 Å². The number of hydrazone groups is 1. The molecule has 1 aromatic rings. The zero-order valence-electron chi connectivity index (χ0n) is 11.2. The topological polar surface area (TPSA) is 59.6 Å². The molecule has 1 N–H and O–H groups in total. The minimum Gasteiger partial charge on any atom is -0.508 e. The van der Waals surface area contributed by atoms with E-state index in [9.17, 15) is 10.4 Å². The maximum Gasteiger partial charge on any atom is 0.162 e. The second kappa shape index (κ2) is 4.86. The molecule has 0 spiro atoms. The van der Waals surface area contributed by atoms with Crippen LogP contribution in [0.4, 0.5) is 0 Å². The van der Waals surface area contributed by atoms with Crippen molar-refractivity contribution >= 4 is 21.6 Å². The first-order valence-corrected chi connectivity index (χ1v) is 6.86. The molecule has 4 nitrogen and oxygen atoms in total. The molecular weight excluding hydrogens is 306 g/mol. The average Bonchev–Trinajstić information content (AvgIpc) is 2.56. The van der Waals surface area contributed by atoms with Crippen LogP contribution in [0, 0.1) is 11.3 Å². The van der Waals surface area contributed by atoms with E-state index in [0.29, 0.717) is 5.56 Å². The van der Waals surface area contributed by atoms with Crippen LogP contribution < -0.4 is 0 Å². The summed E-state index contributed by atoms with van der Waals surface area (Å²) in [6.45, 7) is 6.05. The number of rotatable bonds is 2. The van der Waals surface area contributed by atoms with Crippen LogP contribution in [0.25, 0.3) is 0 Å². The van der Waals surface area contributed by atoms with Crippen LogP contribution in [0.5, 0.6) is 5.75 Å². The summed E-state index contributed by atoms with van der Waals surface area (Å²) in [6, 6.07) is 6.83. The van der Waals surface area contributed by atoms with Gasteiger partial charge in [0, 0.05) is 22.2 Å². The number of benzene rings is 1. The molecule has 0 aromatic heterocycles. The lowest BCUT2D eigenvalue weighted by Gasteiger charge is -2.34. The van der Waals surface area contributed by atoms with Gasteiger partial charge in [-0.2, -0.15) is 10.4 Å². The lowest BCUT2D eigenvalue weighted by Crippen LogP contribution is -2.38. The summed E-state index contributed by atoms with van der Waals surface area (Å²) in [5, 5.41) is 25.7. The van der Waals surface area contributed by atoms with Gasteiger partial charge < -0.3 is 5.11 Å². The number of nitriles is 1. The lowest BCUT2D eigenvalue weighted by atomic mass is 9.95. The first-order chi connectivity index (χ1) is 8.85. The summed E-state index contributed by atoms with van der Waals surface area (Å²) in [7, 11) is 0. The first-order valence-electron chi connectivity index (χ1n) is 6.06. The lowest BCUT2D eigenvalue weighted by molar-refractivity contribution is 0.121. The molecule has 1 atom stereocenters. The van der Waals surface area contributed by atoms with E-state index in [1.807, 2.05) is 26.8 Å². The predicted molar refractivity (Wildman–Crippen MR) is 77.8 cm³/mol. The second-order valence-electron chi connectivity index (χ2n) is 5.40. The van der Waals surface area contributed by atoms with Gasteiger partial charge in [0.25, 0.3) is 0 Å². The fraction of sp³-hybridized carbons (Fsp3) is 0.429. The van der Waals surface area contributed by atoms with Gasteiger partial charge in [-0.1, -0.05) is 22.0 Å². The quantitative estimate of drug-likeness (QED) is 0.905. The molecule has 2 rings (SSSR count).